The number of anilines is 1. The number of nitrogens with zero attached hydrogens (tertiary/aromatic N) is 2. The van der Waals surface area contributed by atoms with Crippen LogP contribution in [0.25, 0.3) is 10.9 Å². The first-order valence-electron chi connectivity index (χ1n) is 8.02. The van der Waals surface area contributed by atoms with E-state index < -0.39 is 0 Å². The molecule has 1 N–H and O–H groups in total. The summed E-state index contributed by atoms with van der Waals surface area (Å²) in [6, 6.07) is 10.9. The van der Waals surface area contributed by atoms with Crippen molar-refractivity contribution in [2.24, 2.45) is 0 Å². The van der Waals surface area contributed by atoms with Gasteiger partial charge in [-0.2, -0.15) is 0 Å². The van der Waals surface area contributed by atoms with E-state index >= 15 is 0 Å². The van der Waals surface area contributed by atoms with Gasteiger partial charge in [-0.1, -0.05) is 43.9 Å². The van der Waals surface area contributed by atoms with E-state index in [1.54, 1.807) is 0 Å². The van der Waals surface area contributed by atoms with E-state index in [0.717, 1.165) is 11.2 Å². The van der Waals surface area contributed by atoms with Crippen LogP contribution in [-0.2, 0) is 6.61 Å². The third kappa shape index (κ3) is 3.03. The summed E-state index contributed by atoms with van der Waals surface area (Å²) in [5, 5.41) is 10.7. The van der Waals surface area contributed by atoms with Crippen molar-refractivity contribution in [1.29, 1.82) is 0 Å². The van der Waals surface area contributed by atoms with E-state index in [-0.39, 0.29) is 6.61 Å². The van der Waals surface area contributed by atoms with E-state index in [4.69, 9.17) is 0 Å². The molecule has 1 aromatic heterocycles. The Bertz CT molecular complexity index is 603. The predicted molar refractivity (Wildman–Crippen MR) is 87.6 cm³/mol. The minimum atomic E-state index is -0.00363. The van der Waals surface area contributed by atoms with Crippen LogP contribution in [0.15, 0.2) is 30.3 Å². The number of rotatable bonds is 3. The van der Waals surface area contributed by atoms with Crippen molar-refractivity contribution in [1.82, 2.24) is 4.98 Å². The molecule has 3 heteroatoms. The Balaban J connectivity index is 2.01. The highest BCUT2D eigenvalue weighted by molar-refractivity contribution is 5.92. The number of pyridine rings is 1. The molecule has 0 unspecified atom stereocenters. The van der Waals surface area contributed by atoms with E-state index in [1.807, 2.05) is 18.2 Å². The molecule has 0 bridgehead atoms. The highest BCUT2D eigenvalue weighted by atomic mass is 16.3. The Hall–Kier alpha value is -1.61. The molecular formula is C18H24N2O. The average Bonchev–Trinajstić information content (AvgIpc) is 2.82. The normalized spacial score (nSPS) is 16.9. The Labute approximate surface area is 126 Å². The number of aliphatic hydroxyl groups excluding tert-OH is 1. The van der Waals surface area contributed by atoms with Gasteiger partial charge in [0, 0.05) is 24.2 Å². The summed E-state index contributed by atoms with van der Waals surface area (Å²) in [7, 11) is 2.19. The van der Waals surface area contributed by atoms with Gasteiger partial charge in [-0.25, -0.2) is 0 Å². The SMILES string of the molecule is CN(c1cc(CO)nc2ccccc12)C1CCCCCC1. The number of aromatic nitrogens is 1. The second-order valence-corrected chi connectivity index (χ2v) is 6.06. The molecule has 1 aliphatic rings. The standard InChI is InChI=1S/C18H24N2O/c1-20(15-8-4-2-3-5-9-15)18-12-14(13-21)19-17-11-7-6-10-16(17)18/h6-7,10-12,15,21H,2-5,8-9,13H2,1H3. The maximum atomic E-state index is 9.48. The van der Waals surface area contributed by atoms with Gasteiger partial charge in [0.25, 0.3) is 0 Å². The first kappa shape index (κ1) is 14.3. The van der Waals surface area contributed by atoms with Crippen molar-refractivity contribution < 1.29 is 5.11 Å². The fraction of sp³-hybridized carbons (Fsp3) is 0.500. The van der Waals surface area contributed by atoms with Crippen LogP contribution in [-0.4, -0.2) is 23.2 Å². The molecule has 0 spiro atoms. The summed E-state index contributed by atoms with van der Waals surface area (Å²) < 4.78 is 0. The summed E-state index contributed by atoms with van der Waals surface area (Å²) >= 11 is 0. The zero-order valence-electron chi connectivity index (χ0n) is 12.8. The van der Waals surface area contributed by atoms with E-state index in [2.05, 4.69) is 29.1 Å². The highest BCUT2D eigenvalue weighted by Crippen LogP contribution is 2.31. The first-order valence-corrected chi connectivity index (χ1v) is 8.02. The molecule has 1 fully saturated rings. The number of aliphatic hydroxyl groups is 1. The van der Waals surface area contributed by atoms with Crippen molar-refractivity contribution in [2.75, 3.05) is 11.9 Å². The van der Waals surface area contributed by atoms with Crippen LogP contribution in [0.1, 0.15) is 44.2 Å². The zero-order valence-corrected chi connectivity index (χ0v) is 12.8. The van der Waals surface area contributed by atoms with Crippen LogP contribution < -0.4 is 4.90 Å². The Kier molecular flexibility index (Phi) is 4.39. The molecular weight excluding hydrogens is 260 g/mol. The number of hydrogen-bond donors (Lipinski definition) is 1. The lowest BCUT2D eigenvalue weighted by molar-refractivity contribution is 0.277. The van der Waals surface area contributed by atoms with Crippen LogP contribution >= 0.6 is 0 Å². The van der Waals surface area contributed by atoms with Gasteiger partial charge in [0.15, 0.2) is 0 Å². The van der Waals surface area contributed by atoms with E-state index in [1.165, 1.54) is 49.6 Å². The Morgan fingerprint density at radius 3 is 2.57 bits per heavy atom. The topological polar surface area (TPSA) is 36.4 Å². The maximum absolute atomic E-state index is 9.48. The van der Waals surface area contributed by atoms with Crippen molar-refractivity contribution in [3.63, 3.8) is 0 Å². The molecule has 2 aromatic rings. The van der Waals surface area contributed by atoms with Crippen LogP contribution in [0.3, 0.4) is 0 Å². The third-order valence-corrected chi connectivity index (χ3v) is 4.66. The van der Waals surface area contributed by atoms with E-state index in [0.29, 0.717) is 6.04 Å². The van der Waals surface area contributed by atoms with Crippen molar-refractivity contribution >= 4 is 16.6 Å². The molecule has 3 nitrogen and oxygen atoms in total. The smallest absolute Gasteiger partial charge is 0.0854 e. The van der Waals surface area contributed by atoms with Crippen molar-refractivity contribution in [3.8, 4) is 0 Å². The molecule has 112 valence electrons. The second-order valence-electron chi connectivity index (χ2n) is 6.06. The van der Waals surface area contributed by atoms with Gasteiger partial charge < -0.3 is 10.0 Å². The molecule has 3 rings (SSSR count). The largest absolute Gasteiger partial charge is 0.390 e. The number of hydrogen-bond acceptors (Lipinski definition) is 3. The second kappa shape index (κ2) is 6.44. The molecule has 1 aliphatic carbocycles. The molecule has 1 saturated carbocycles. The fourth-order valence-electron chi connectivity index (χ4n) is 3.42. The molecule has 0 amide bonds. The maximum Gasteiger partial charge on any atom is 0.0854 e. The Morgan fingerprint density at radius 2 is 1.86 bits per heavy atom. The van der Waals surface area contributed by atoms with Crippen LogP contribution in [0, 0.1) is 0 Å². The highest BCUT2D eigenvalue weighted by Gasteiger charge is 2.19. The number of para-hydroxylation sites is 1. The monoisotopic (exact) mass is 284 g/mol. The molecule has 0 atom stereocenters. The lowest BCUT2D eigenvalue weighted by Crippen LogP contribution is -2.31. The van der Waals surface area contributed by atoms with Gasteiger partial charge in [0.2, 0.25) is 0 Å². The molecule has 0 saturated heterocycles. The lowest BCUT2D eigenvalue weighted by atomic mass is 10.0. The lowest BCUT2D eigenvalue weighted by Gasteiger charge is -2.30. The minimum Gasteiger partial charge on any atom is -0.390 e. The minimum absolute atomic E-state index is 0.00363. The summed E-state index contributed by atoms with van der Waals surface area (Å²) in [6.07, 6.45) is 7.91. The van der Waals surface area contributed by atoms with Crippen molar-refractivity contribution in [3.05, 3.63) is 36.0 Å². The van der Waals surface area contributed by atoms with Gasteiger partial charge in [0.05, 0.1) is 17.8 Å². The summed E-state index contributed by atoms with van der Waals surface area (Å²) in [5.41, 5.74) is 2.93. The first-order chi connectivity index (χ1) is 10.3. The predicted octanol–water partition coefficient (Wildman–Crippen LogP) is 3.89. The fourth-order valence-corrected chi connectivity index (χ4v) is 3.42. The van der Waals surface area contributed by atoms with Crippen LogP contribution in [0.4, 0.5) is 5.69 Å². The third-order valence-electron chi connectivity index (χ3n) is 4.66. The van der Waals surface area contributed by atoms with Gasteiger partial charge in [-0.15, -0.1) is 0 Å². The summed E-state index contributed by atoms with van der Waals surface area (Å²) in [6.45, 7) is -0.00363. The molecule has 1 aromatic carbocycles. The quantitative estimate of drug-likeness (QED) is 0.869. The van der Waals surface area contributed by atoms with Crippen molar-refractivity contribution in [2.45, 2.75) is 51.2 Å². The van der Waals surface area contributed by atoms with Gasteiger partial charge in [-0.05, 0) is 25.0 Å². The number of benzene rings is 1. The van der Waals surface area contributed by atoms with Gasteiger partial charge in [0.1, 0.15) is 0 Å². The zero-order chi connectivity index (χ0) is 14.7. The molecule has 0 aliphatic heterocycles. The molecule has 1 heterocycles. The van der Waals surface area contributed by atoms with Gasteiger partial charge >= 0.3 is 0 Å². The summed E-state index contributed by atoms with van der Waals surface area (Å²) in [5.74, 6) is 0. The van der Waals surface area contributed by atoms with Gasteiger partial charge in [-0.3, -0.25) is 4.98 Å². The van der Waals surface area contributed by atoms with Crippen LogP contribution in [0.2, 0.25) is 0 Å². The molecule has 21 heavy (non-hydrogen) atoms. The summed E-state index contributed by atoms with van der Waals surface area (Å²) in [4.78, 5) is 6.93. The van der Waals surface area contributed by atoms with E-state index in [9.17, 15) is 5.11 Å². The molecule has 0 radical (unpaired) electrons. The number of fused-ring (bicyclic) bond motifs is 1. The van der Waals surface area contributed by atoms with Crippen LogP contribution in [0.5, 0.6) is 0 Å². The Morgan fingerprint density at radius 1 is 1.14 bits per heavy atom. The average molecular weight is 284 g/mol.